The van der Waals surface area contributed by atoms with Crippen molar-refractivity contribution < 1.29 is 14.6 Å². The molecule has 2 aromatic carbocycles. The van der Waals surface area contributed by atoms with E-state index in [1.807, 2.05) is 30.3 Å². The van der Waals surface area contributed by atoms with Crippen LogP contribution in [0.1, 0.15) is 10.4 Å². The van der Waals surface area contributed by atoms with Crippen molar-refractivity contribution in [3.8, 4) is 17.4 Å². The van der Waals surface area contributed by atoms with E-state index in [1.165, 1.54) is 17.1 Å². The minimum absolute atomic E-state index is 0.000597. The number of para-hydroxylation sites is 1. The normalized spacial score (nSPS) is 10.8. The van der Waals surface area contributed by atoms with E-state index in [-0.39, 0.29) is 17.1 Å². The Morgan fingerprint density at radius 3 is 2.65 bits per heavy atom. The SMILES string of the molecule is O=C(O)c1cnn(-c2nc3ccc(Oc4ccccc4)cc3c(=O)[nH]2)c1. The molecule has 0 aliphatic heterocycles. The second-order valence-corrected chi connectivity index (χ2v) is 5.46. The Bertz CT molecular complexity index is 1160. The van der Waals surface area contributed by atoms with Gasteiger partial charge in [-0.15, -0.1) is 0 Å². The predicted molar refractivity (Wildman–Crippen MR) is 93.0 cm³/mol. The average Bonchev–Trinajstić information content (AvgIpc) is 3.13. The number of ether oxygens (including phenoxy) is 1. The first kappa shape index (κ1) is 15.6. The topological polar surface area (TPSA) is 110 Å². The van der Waals surface area contributed by atoms with Crippen molar-refractivity contribution in [2.75, 3.05) is 0 Å². The van der Waals surface area contributed by atoms with Crippen LogP contribution >= 0.6 is 0 Å². The third-order valence-corrected chi connectivity index (χ3v) is 3.69. The van der Waals surface area contributed by atoms with Crippen molar-refractivity contribution in [3.05, 3.63) is 76.8 Å². The summed E-state index contributed by atoms with van der Waals surface area (Å²) in [6.07, 6.45) is 2.46. The molecule has 0 fully saturated rings. The van der Waals surface area contributed by atoms with E-state index in [4.69, 9.17) is 9.84 Å². The van der Waals surface area contributed by atoms with Crippen molar-refractivity contribution in [2.24, 2.45) is 0 Å². The highest BCUT2D eigenvalue weighted by molar-refractivity contribution is 5.87. The average molecular weight is 348 g/mol. The molecule has 2 aromatic heterocycles. The molecule has 26 heavy (non-hydrogen) atoms. The van der Waals surface area contributed by atoms with Crippen molar-refractivity contribution >= 4 is 16.9 Å². The Labute approximate surface area is 146 Å². The van der Waals surface area contributed by atoms with Crippen LogP contribution in [0.4, 0.5) is 0 Å². The van der Waals surface area contributed by atoms with Gasteiger partial charge < -0.3 is 9.84 Å². The zero-order chi connectivity index (χ0) is 18.1. The maximum Gasteiger partial charge on any atom is 0.338 e. The van der Waals surface area contributed by atoms with Gasteiger partial charge in [-0.3, -0.25) is 9.78 Å². The molecule has 2 N–H and O–H groups in total. The first-order chi connectivity index (χ1) is 12.6. The Balaban J connectivity index is 1.73. The third-order valence-electron chi connectivity index (χ3n) is 3.69. The van der Waals surface area contributed by atoms with Gasteiger partial charge in [-0.05, 0) is 30.3 Å². The number of carboxylic acids is 1. The second-order valence-electron chi connectivity index (χ2n) is 5.46. The monoisotopic (exact) mass is 348 g/mol. The largest absolute Gasteiger partial charge is 0.478 e. The summed E-state index contributed by atoms with van der Waals surface area (Å²) in [6, 6.07) is 14.2. The molecule has 0 saturated heterocycles. The van der Waals surface area contributed by atoms with Gasteiger partial charge in [0.2, 0.25) is 5.95 Å². The van der Waals surface area contributed by atoms with E-state index in [1.54, 1.807) is 18.2 Å². The first-order valence-corrected chi connectivity index (χ1v) is 7.65. The van der Waals surface area contributed by atoms with Gasteiger partial charge in [0.25, 0.3) is 5.56 Å². The molecular weight excluding hydrogens is 336 g/mol. The highest BCUT2D eigenvalue weighted by atomic mass is 16.5. The van der Waals surface area contributed by atoms with Crippen molar-refractivity contribution in [1.82, 2.24) is 19.7 Å². The number of carboxylic acid groups (broad SMARTS) is 1. The van der Waals surface area contributed by atoms with Crippen molar-refractivity contribution in [1.29, 1.82) is 0 Å². The van der Waals surface area contributed by atoms with Gasteiger partial charge >= 0.3 is 5.97 Å². The van der Waals surface area contributed by atoms with Gasteiger partial charge in [0.1, 0.15) is 11.5 Å². The summed E-state index contributed by atoms with van der Waals surface area (Å²) in [7, 11) is 0. The number of nitrogens with zero attached hydrogens (tertiary/aromatic N) is 3. The molecule has 0 saturated carbocycles. The van der Waals surface area contributed by atoms with E-state index in [2.05, 4.69) is 15.1 Å². The lowest BCUT2D eigenvalue weighted by Crippen LogP contribution is -2.13. The maximum atomic E-state index is 12.4. The Kier molecular flexibility index (Phi) is 3.70. The molecule has 0 spiro atoms. The fraction of sp³-hybridized carbons (Fsp3) is 0. The summed E-state index contributed by atoms with van der Waals surface area (Å²) in [5.41, 5.74) is 0.0618. The van der Waals surface area contributed by atoms with Gasteiger partial charge in [-0.25, -0.2) is 14.5 Å². The zero-order valence-corrected chi connectivity index (χ0v) is 13.3. The Morgan fingerprint density at radius 2 is 1.92 bits per heavy atom. The zero-order valence-electron chi connectivity index (χ0n) is 13.3. The van der Waals surface area contributed by atoms with E-state index in [9.17, 15) is 9.59 Å². The van der Waals surface area contributed by atoms with Crippen molar-refractivity contribution in [2.45, 2.75) is 0 Å². The molecule has 0 atom stereocenters. The van der Waals surface area contributed by atoms with Gasteiger partial charge in [-0.2, -0.15) is 5.10 Å². The Morgan fingerprint density at radius 1 is 1.12 bits per heavy atom. The molecule has 4 rings (SSSR count). The smallest absolute Gasteiger partial charge is 0.338 e. The number of aromatic carboxylic acids is 1. The Hall–Kier alpha value is -3.94. The second kappa shape index (κ2) is 6.17. The number of rotatable bonds is 4. The number of hydrogen-bond donors (Lipinski definition) is 2. The van der Waals surface area contributed by atoms with Crippen LogP contribution in [0.3, 0.4) is 0 Å². The van der Waals surface area contributed by atoms with Crippen LogP contribution in [0.25, 0.3) is 16.9 Å². The highest BCUT2D eigenvalue weighted by Gasteiger charge is 2.11. The fourth-order valence-electron chi connectivity index (χ4n) is 2.45. The molecule has 0 aliphatic rings. The van der Waals surface area contributed by atoms with E-state index in [0.717, 1.165) is 0 Å². The summed E-state index contributed by atoms with van der Waals surface area (Å²) in [5.74, 6) is 0.190. The molecule has 2 heterocycles. The number of benzene rings is 2. The summed E-state index contributed by atoms with van der Waals surface area (Å²) in [4.78, 5) is 30.3. The van der Waals surface area contributed by atoms with Crippen LogP contribution in [0.2, 0.25) is 0 Å². The summed E-state index contributed by atoms with van der Waals surface area (Å²) in [5, 5.41) is 13.2. The molecule has 0 unspecified atom stereocenters. The lowest BCUT2D eigenvalue weighted by molar-refractivity contribution is 0.0697. The minimum Gasteiger partial charge on any atom is -0.478 e. The molecule has 4 aromatic rings. The van der Waals surface area contributed by atoms with E-state index >= 15 is 0 Å². The van der Waals surface area contributed by atoms with Crippen LogP contribution in [-0.2, 0) is 0 Å². The van der Waals surface area contributed by atoms with Crippen LogP contribution < -0.4 is 10.3 Å². The third kappa shape index (κ3) is 2.91. The molecule has 0 bridgehead atoms. The molecular formula is C18H12N4O4. The van der Waals surface area contributed by atoms with Crippen LogP contribution in [0.15, 0.2) is 65.7 Å². The molecule has 0 amide bonds. The van der Waals surface area contributed by atoms with Crippen LogP contribution in [0.5, 0.6) is 11.5 Å². The highest BCUT2D eigenvalue weighted by Crippen LogP contribution is 2.23. The maximum absolute atomic E-state index is 12.4. The van der Waals surface area contributed by atoms with Gasteiger partial charge in [0.05, 0.1) is 22.7 Å². The van der Waals surface area contributed by atoms with E-state index in [0.29, 0.717) is 22.4 Å². The molecule has 8 nitrogen and oxygen atoms in total. The standard InChI is InChI=1S/C18H12N4O4/c23-16-14-8-13(26-12-4-2-1-3-5-12)6-7-15(14)20-18(21-16)22-10-11(9-19-22)17(24)25/h1-10H,(H,24,25)(H,20,21,23). The van der Waals surface area contributed by atoms with E-state index < -0.39 is 5.97 Å². The van der Waals surface area contributed by atoms with Gasteiger partial charge in [0, 0.05) is 6.20 Å². The number of aromatic amines is 1. The molecule has 0 radical (unpaired) electrons. The van der Waals surface area contributed by atoms with Crippen LogP contribution in [0, 0.1) is 0 Å². The fourth-order valence-corrected chi connectivity index (χ4v) is 2.45. The lowest BCUT2D eigenvalue weighted by Gasteiger charge is -2.07. The molecule has 8 heteroatoms. The first-order valence-electron chi connectivity index (χ1n) is 7.65. The van der Waals surface area contributed by atoms with Crippen LogP contribution in [-0.4, -0.2) is 30.8 Å². The van der Waals surface area contributed by atoms with Crippen molar-refractivity contribution in [3.63, 3.8) is 0 Å². The number of fused-ring (bicyclic) bond motifs is 1. The van der Waals surface area contributed by atoms with Gasteiger partial charge in [-0.1, -0.05) is 18.2 Å². The summed E-state index contributed by atoms with van der Waals surface area (Å²) < 4.78 is 6.93. The number of aromatic nitrogens is 4. The number of carbonyl (C=O) groups is 1. The molecule has 0 aliphatic carbocycles. The summed E-state index contributed by atoms with van der Waals surface area (Å²) in [6.45, 7) is 0. The lowest BCUT2D eigenvalue weighted by atomic mass is 10.2. The number of hydrogen-bond acceptors (Lipinski definition) is 5. The number of H-pyrrole nitrogens is 1. The van der Waals surface area contributed by atoms with Gasteiger partial charge in [0.15, 0.2) is 0 Å². The minimum atomic E-state index is -1.11. The molecule has 128 valence electrons. The number of nitrogens with one attached hydrogen (secondary N) is 1. The predicted octanol–water partition coefficient (Wildman–Crippen LogP) is 2.60. The quantitative estimate of drug-likeness (QED) is 0.586. The summed E-state index contributed by atoms with van der Waals surface area (Å²) >= 11 is 0.